The molecule has 3 aliphatic rings. The Morgan fingerprint density at radius 3 is 2.85 bits per heavy atom. The lowest BCUT2D eigenvalue weighted by Crippen LogP contribution is -2.51. The van der Waals surface area contributed by atoms with Crippen molar-refractivity contribution < 1.29 is 18.0 Å². The summed E-state index contributed by atoms with van der Waals surface area (Å²) in [7, 11) is -4.13. The molecule has 9 heteroatoms. The Hall–Kier alpha value is -2.58. The molecule has 4 rings (SSSR count). The first kappa shape index (κ1) is 23.6. The number of benzene rings is 1. The van der Waals surface area contributed by atoms with E-state index >= 15 is 0 Å². The van der Waals surface area contributed by atoms with Gasteiger partial charge in [-0.25, -0.2) is 17.9 Å². The molecule has 4 unspecified atom stereocenters. The van der Waals surface area contributed by atoms with E-state index in [0.29, 0.717) is 9.61 Å². The predicted molar refractivity (Wildman–Crippen MR) is 135 cm³/mol. The molecular weight excluding hydrogens is 553 g/mol. The lowest BCUT2D eigenvalue weighted by Gasteiger charge is -2.35. The average Bonchev–Trinajstić information content (AvgIpc) is 3.39. The Labute approximate surface area is 207 Å². The molecule has 0 radical (unpaired) electrons. The highest BCUT2D eigenvalue weighted by Gasteiger charge is 2.43. The lowest BCUT2D eigenvalue weighted by atomic mass is 9.76. The SMILES string of the molecule is C#CCCC(=O)Nc1cccc(S(=O)(=O)NC(=O)NC2C3C=CC=C3C=C3C(I)CCC32)c1. The van der Waals surface area contributed by atoms with Crippen molar-refractivity contribution in [3.8, 4) is 12.3 Å². The first-order chi connectivity index (χ1) is 15.8. The molecule has 3 N–H and O–H groups in total. The van der Waals surface area contributed by atoms with Crippen LogP contribution in [-0.4, -0.2) is 30.3 Å². The van der Waals surface area contributed by atoms with Crippen molar-refractivity contribution in [2.24, 2.45) is 11.8 Å². The number of alkyl halides is 1. The van der Waals surface area contributed by atoms with Crippen molar-refractivity contribution in [3.63, 3.8) is 0 Å². The summed E-state index contributed by atoms with van der Waals surface area (Å²) in [5, 5.41) is 5.54. The lowest BCUT2D eigenvalue weighted by molar-refractivity contribution is -0.116. The first-order valence-corrected chi connectivity index (χ1v) is 13.4. The van der Waals surface area contributed by atoms with E-state index in [9.17, 15) is 18.0 Å². The number of halogens is 1. The zero-order valence-corrected chi connectivity index (χ0v) is 20.7. The predicted octanol–water partition coefficient (Wildman–Crippen LogP) is 3.66. The van der Waals surface area contributed by atoms with Crippen molar-refractivity contribution in [1.82, 2.24) is 10.0 Å². The number of carbonyl (C=O) groups is 2. The third kappa shape index (κ3) is 5.17. The highest BCUT2D eigenvalue weighted by molar-refractivity contribution is 14.1. The molecule has 1 aromatic carbocycles. The van der Waals surface area contributed by atoms with Crippen LogP contribution < -0.4 is 15.4 Å². The quantitative estimate of drug-likeness (QED) is 0.273. The summed E-state index contributed by atoms with van der Waals surface area (Å²) >= 11 is 2.43. The largest absolute Gasteiger partial charge is 0.333 e. The fourth-order valence-corrected chi connectivity index (χ4v) is 6.56. The van der Waals surface area contributed by atoms with Gasteiger partial charge in [0.2, 0.25) is 5.91 Å². The maximum absolute atomic E-state index is 12.9. The molecule has 0 saturated heterocycles. The van der Waals surface area contributed by atoms with E-state index in [1.165, 1.54) is 23.8 Å². The molecule has 1 saturated carbocycles. The van der Waals surface area contributed by atoms with Crippen LogP contribution in [0.3, 0.4) is 0 Å². The van der Waals surface area contributed by atoms with Crippen LogP contribution in [0.5, 0.6) is 0 Å². The third-order valence-corrected chi connectivity index (χ3v) is 8.79. The van der Waals surface area contributed by atoms with Gasteiger partial charge in [0.15, 0.2) is 0 Å². The summed E-state index contributed by atoms with van der Waals surface area (Å²) in [6.45, 7) is 0. The Kier molecular flexibility index (Phi) is 6.95. The van der Waals surface area contributed by atoms with Crippen molar-refractivity contribution in [2.45, 2.75) is 40.5 Å². The Bertz CT molecular complexity index is 1210. The van der Waals surface area contributed by atoms with Gasteiger partial charge in [0.05, 0.1) is 4.90 Å². The van der Waals surface area contributed by atoms with Crippen LogP contribution in [0, 0.1) is 24.2 Å². The number of fused-ring (bicyclic) bond motifs is 2. The topological polar surface area (TPSA) is 104 Å². The number of amides is 3. The van der Waals surface area contributed by atoms with E-state index in [2.05, 4.69) is 56.0 Å². The molecule has 0 spiro atoms. The van der Waals surface area contributed by atoms with Gasteiger partial charge in [-0.15, -0.1) is 12.3 Å². The maximum Gasteiger partial charge on any atom is 0.328 e. The molecule has 0 aliphatic heterocycles. The van der Waals surface area contributed by atoms with Gasteiger partial charge in [0.1, 0.15) is 0 Å². The third-order valence-electron chi connectivity index (χ3n) is 6.12. The molecular formula is C24H24IN3O4S. The average molecular weight is 577 g/mol. The Balaban J connectivity index is 1.45. The summed E-state index contributed by atoms with van der Waals surface area (Å²) in [6, 6.07) is 4.79. The molecule has 3 amide bonds. The number of hydrogen-bond donors (Lipinski definition) is 3. The molecule has 0 bridgehead atoms. The van der Waals surface area contributed by atoms with Gasteiger partial charge in [0.25, 0.3) is 10.0 Å². The van der Waals surface area contributed by atoms with E-state index in [4.69, 9.17) is 6.42 Å². The highest BCUT2D eigenvalue weighted by Crippen LogP contribution is 2.47. The van der Waals surface area contributed by atoms with Gasteiger partial charge in [-0.3, -0.25) is 4.79 Å². The second kappa shape index (κ2) is 9.73. The van der Waals surface area contributed by atoms with Gasteiger partial charge >= 0.3 is 6.03 Å². The van der Waals surface area contributed by atoms with E-state index in [-0.39, 0.29) is 41.5 Å². The number of hydrogen-bond acceptors (Lipinski definition) is 4. The van der Waals surface area contributed by atoms with Crippen molar-refractivity contribution in [2.75, 3.05) is 5.32 Å². The minimum Gasteiger partial charge on any atom is -0.333 e. The van der Waals surface area contributed by atoms with Crippen LogP contribution in [0.2, 0.25) is 0 Å². The van der Waals surface area contributed by atoms with Crippen molar-refractivity contribution >= 4 is 50.2 Å². The second-order valence-corrected chi connectivity index (χ2v) is 11.4. The second-order valence-electron chi connectivity index (χ2n) is 8.26. The highest BCUT2D eigenvalue weighted by atomic mass is 127. The number of sulfonamides is 1. The minimum absolute atomic E-state index is 0.0375. The molecule has 3 aliphatic carbocycles. The fourth-order valence-electron chi connectivity index (χ4n) is 4.60. The molecule has 172 valence electrons. The normalized spacial score (nSPS) is 25.2. The van der Waals surface area contributed by atoms with Crippen LogP contribution in [0.1, 0.15) is 25.7 Å². The monoisotopic (exact) mass is 577 g/mol. The molecule has 0 heterocycles. The van der Waals surface area contributed by atoms with Gasteiger partial charge in [-0.2, -0.15) is 0 Å². The molecule has 4 atom stereocenters. The minimum atomic E-state index is -4.13. The Morgan fingerprint density at radius 1 is 1.24 bits per heavy atom. The number of terminal acetylenes is 1. The zero-order chi connectivity index (χ0) is 23.6. The zero-order valence-electron chi connectivity index (χ0n) is 17.8. The number of anilines is 1. The standard InChI is InChI=1S/C24H24IN3O4S/c1-2-3-10-22(29)26-16-7-5-8-17(14-16)33(31,32)28-24(30)27-23-18-9-4-6-15(18)13-20-19(23)11-12-21(20)25/h1,4-9,13-14,18-19,21,23H,3,10-12H2,(H,26,29)(H2,27,28,30). The molecule has 1 fully saturated rings. The molecule has 1 aromatic rings. The van der Waals surface area contributed by atoms with E-state index in [1.54, 1.807) is 6.07 Å². The Morgan fingerprint density at radius 2 is 2.06 bits per heavy atom. The van der Waals surface area contributed by atoms with Crippen LogP contribution in [0.15, 0.2) is 64.6 Å². The van der Waals surface area contributed by atoms with Gasteiger partial charge < -0.3 is 10.6 Å². The van der Waals surface area contributed by atoms with Crippen LogP contribution >= 0.6 is 22.6 Å². The summed E-state index contributed by atoms with van der Waals surface area (Å²) in [6.07, 6.45) is 15.9. The molecule has 33 heavy (non-hydrogen) atoms. The number of urea groups is 1. The number of carbonyl (C=O) groups excluding carboxylic acids is 2. The molecule has 7 nitrogen and oxygen atoms in total. The van der Waals surface area contributed by atoms with Crippen LogP contribution in [0.4, 0.5) is 10.5 Å². The summed E-state index contributed by atoms with van der Waals surface area (Å²) in [5.74, 6) is 2.29. The van der Waals surface area contributed by atoms with Crippen LogP contribution in [0.25, 0.3) is 0 Å². The summed E-state index contributed by atoms with van der Waals surface area (Å²) < 4.78 is 28.3. The van der Waals surface area contributed by atoms with Crippen molar-refractivity contribution in [3.05, 3.63) is 59.7 Å². The van der Waals surface area contributed by atoms with E-state index in [0.717, 1.165) is 18.4 Å². The first-order valence-electron chi connectivity index (χ1n) is 10.7. The fraction of sp³-hybridized carbons (Fsp3) is 0.333. The van der Waals surface area contributed by atoms with Gasteiger partial charge in [-0.1, -0.05) is 58.5 Å². The van der Waals surface area contributed by atoms with Gasteiger partial charge in [-0.05, 0) is 36.6 Å². The van der Waals surface area contributed by atoms with Crippen molar-refractivity contribution in [1.29, 1.82) is 0 Å². The summed E-state index contributed by atoms with van der Waals surface area (Å²) in [4.78, 5) is 24.6. The molecule has 0 aromatic heterocycles. The number of rotatable bonds is 6. The number of nitrogens with one attached hydrogen (secondary N) is 3. The van der Waals surface area contributed by atoms with Crippen LogP contribution in [-0.2, 0) is 14.8 Å². The number of allylic oxidation sites excluding steroid dienone is 3. The maximum atomic E-state index is 12.9. The van der Waals surface area contributed by atoms with E-state index in [1.807, 2.05) is 12.2 Å². The van der Waals surface area contributed by atoms with Gasteiger partial charge in [0, 0.05) is 40.3 Å². The summed E-state index contributed by atoms with van der Waals surface area (Å²) in [5.41, 5.74) is 2.77. The van der Waals surface area contributed by atoms with E-state index < -0.39 is 16.1 Å². The smallest absolute Gasteiger partial charge is 0.328 e.